The molecule has 1 N–H and O–H groups in total. The van der Waals surface area contributed by atoms with Crippen molar-refractivity contribution in [1.29, 1.82) is 0 Å². The molecule has 3 saturated carbocycles. The Labute approximate surface area is 106 Å². The number of nitrogens with one attached hydrogen (secondary N) is 1. The van der Waals surface area contributed by atoms with Crippen LogP contribution >= 0.6 is 0 Å². The molecule has 98 valence electrons. The fourth-order valence-electron chi connectivity index (χ4n) is 3.77. The molecule has 3 fully saturated rings. The first-order valence-electron chi connectivity index (χ1n) is 6.86. The number of amides is 1. The molecule has 0 aromatic rings. The third-order valence-corrected chi connectivity index (χ3v) is 4.53. The van der Waals surface area contributed by atoms with Crippen molar-refractivity contribution in [2.24, 2.45) is 22.2 Å². The first-order valence-corrected chi connectivity index (χ1v) is 6.86. The van der Waals surface area contributed by atoms with Gasteiger partial charge in [0.2, 0.25) is 5.91 Å². The Morgan fingerprint density at radius 2 is 1.47 bits per heavy atom. The lowest BCUT2D eigenvalue weighted by Crippen LogP contribution is -2.64. The molecule has 0 aromatic heterocycles. The zero-order chi connectivity index (χ0) is 13.1. The monoisotopic (exact) mass is 237 g/mol. The van der Waals surface area contributed by atoms with Gasteiger partial charge in [-0.25, -0.2) is 0 Å². The minimum Gasteiger partial charge on any atom is -0.352 e. The minimum absolute atomic E-state index is 0.0411. The highest BCUT2D eigenvalue weighted by molar-refractivity contribution is 5.86. The first-order chi connectivity index (χ1) is 7.55. The van der Waals surface area contributed by atoms with Gasteiger partial charge in [0.05, 0.1) is 0 Å². The van der Waals surface area contributed by atoms with Gasteiger partial charge in [-0.05, 0) is 36.0 Å². The fourth-order valence-corrected chi connectivity index (χ4v) is 3.77. The summed E-state index contributed by atoms with van der Waals surface area (Å²) in [6.45, 7) is 13.3. The van der Waals surface area contributed by atoms with Crippen LogP contribution in [0, 0.1) is 22.2 Å². The summed E-state index contributed by atoms with van der Waals surface area (Å²) >= 11 is 0. The molecule has 0 radical (unpaired) electrons. The van der Waals surface area contributed by atoms with Crippen LogP contribution in [0.15, 0.2) is 0 Å². The molecule has 0 spiro atoms. The van der Waals surface area contributed by atoms with Crippen LogP contribution in [-0.4, -0.2) is 11.9 Å². The van der Waals surface area contributed by atoms with E-state index in [1.54, 1.807) is 0 Å². The number of rotatable bonds is 2. The van der Waals surface area contributed by atoms with Gasteiger partial charge in [-0.1, -0.05) is 41.5 Å². The maximum atomic E-state index is 12.4. The molecule has 0 unspecified atom stereocenters. The average molecular weight is 237 g/mol. The van der Waals surface area contributed by atoms with Crippen LogP contribution < -0.4 is 5.32 Å². The highest BCUT2D eigenvalue weighted by Gasteiger charge is 2.61. The van der Waals surface area contributed by atoms with Crippen molar-refractivity contribution in [3.63, 3.8) is 0 Å². The third kappa shape index (κ3) is 2.11. The smallest absolute Gasteiger partial charge is 0.226 e. The normalized spacial score (nSPS) is 31.8. The molecule has 2 heteroatoms. The van der Waals surface area contributed by atoms with Gasteiger partial charge < -0.3 is 5.32 Å². The Kier molecular flexibility index (Phi) is 2.65. The molecular formula is C15H27NO. The zero-order valence-electron chi connectivity index (χ0n) is 12.2. The highest BCUT2D eigenvalue weighted by atomic mass is 16.2. The maximum Gasteiger partial charge on any atom is 0.226 e. The lowest BCUT2D eigenvalue weighted by atomic mass is 9.44. The van der Waals surface area contributed by atoms with E-state index < -0.39 is 0 Å². The molecule has 3 aliphatic carbocycles. The zero-order valence-corrected chi connectivity index (χ0v) is 12.2. The van der Waals surface area contributed by atoms with Crippen LogP contribution in [0.5, 0.6) is 0 Å². The van der Waals surface area contributed by atoms with Crippen LogP contribution in [0.4, 0.5) is 0 Å². The van der Waals surface area contributed by atoms with Gasteiger partial charge in [-0.3, -0.25) is 4.79 Å². The topological polar surface area (TPSA) is 29.1 Å². The second-order valence-corrected chi connectivity index (χ2v) is 8.40. The summed E-state index contributed by atoms with van der Waals surface area (Å²) in [7, 11) is 0. The molecule has 2 bridgehead atoms. The molecule has 3 rings (SSSR count). The Morgan fingerprint density at radius 1 is 1.06 bits per heavy atom. The van der Waals surface area contributed by atoms with Crippen molar-refractivity contribution in [3.8, 4) is 0 Å². The van der Waals surface area contributed by atoms with E-state index in [9.17, 15) is 4.79 Å². The lowest BCUT2D eigenvalue weighted by Gasteiger charge is -2.61. The van der Waals surface area contributed by atoms with Crippen molar-refractivity contribution >= 4 is 5.91 Å². The molecular weight excluding hydrogens is 210 g/mol. The van der Waals surface area contributed by atoms with E-state index in [0.717, 1.165) is 25.2 Å². The van der Waals surface area contributed by atoms with Crippen molar-refractivity contribution in [2.75, 3.05) is 0 Å². The van der Waals surface area contributed by atoms with Crippen molar-refractivity contribution in [2.45, 2.75) is 66.8 Å². The van der Waals surface area contributed by atoms with Gasteiger partial charge in [-0.15, -0.1) is 0 Å². The van der Waals surface area contributed by atoms with Crippen molar-refractivity contribution < 1.29 is 4.79 Å². The molecule has 3 aliphatic rings. The second kappa shape index (κ2) is 3.49. The van der Waals surface area contributed by atoms with Crippen LogP contribution in [0.3, 0.4) is 0 Å². The van der Waals surface area contributed by atoms with Crippen molar-refractivity contribution in [1.82, 2.24) is 5.32 Å². The van der Waals surface area contributed by atoms with E-state index in [1.807, 2.05) is 0 Å². The number of hydrogen-bond donors (Lipinski definition) is 1. The summed E-state index contributed by atoms with van der Waals surface area (Å²) < 4.78 is 0. The Balaban J connectivity index is 2.05. The molecule has 0 aliphatic heterocycles. The van der Waals surface area contributed by atoms with Gasteiger partial charge in [-0.2, -0.15) is 0 Å². The standard InChI is InChI=1S/C15H27NO/c1-13(2,3)11(14(4,5)6)16-12(17)15-7-10(8-15)9-15/h10-11H,7-9H2,1-6H3,(H,16,17). The molecule has 1 amide bonds. The van der Waals surface area contributed by atoms with E-state index in [1.165, 1.54) is 0 Å². The van der Waals surface area contributed by atoms with Gasteiger partial charge in [0, 0.05) is 11.5 Å². The predicted molar refractivity (Wildman–Crippen MR) is 70.6 cm³/mol. The molecule has 0 atom stereocenters. The Hall–Kier alpha value is -0.530. The average Bonchev–Trinajstić information content (AvgIpc) is 1.88. The largest absolute Gasteiger partial charge is 0.352 e. The Bertz CT molecular complexity index is 301. The quantitative estimate of drug-likeness (QED) is 0.784. The SMILES string of the molecule is CC(C)(C)C(NC(=O)C12CC(C1)C2)C(C)(C)C. The predicted octanol–water partition coefficient (Wildman–Crippen LogP) is 3.36. The van der Waals surface area contributed by atoms with Crippen LogP contribution in [0.1, 0.15) is 60.8 Å². The molecule has 17 heavy (non-hydrogen) atoms. The number of carbonyl (C=O) groups is 1. The summed E-state index contributed by atoms with van der Waals surface area (Å²) in [6.07, 6.45) is 3.42. The maximum absolute atomic E-state index is 12.4. The van der Waals surface area contributed by atoms with E-state index in [-0.39, 0.29) is 22.3 Å². The molecule has 2 nitrogen and oxygen atoms in total. The minimum atomic E-state index is 0.0411. The van der Waals surface area contributed by atoms with Gasteiger partial charge in [0.1, 0.15) is 0 Å². The number of hydrogen-bond acceptors (Lipinski definition) is 1. The summed E-state index contributed by atoms with van der Waals surface area (Å²) in [6, 6.07) is 0.233. The van der Waals surface area contributed by atoms with E-state index in [0.29, 0.717) is 5.91 Å². The van der Waals surface area contributed by atoms with Gasteiger partial charge in [0.25, 0.3) is 0 Å². The molecule has 0 aromatic carbocycles. The number of carbonyl (C=O) groups excluding carboxylic acids is 1. The van der Waals surface area contributed by atoms with Gasteiger partial charge >= 0.3 is 0 Å². The van der Waals surface area contributed by atoms with Crippen LogP contribution in [0.2, 0.25) is 0 Å². The highest BCUT2D eigenvalue weighted by Crippen LogP contribution is 2.64. The van der Waals surface area contributed by atoms with E-state index >= 15 is 0 Å². The summed E-state index contributed by atoms with van der Waals surface area (Å²) in [5.74, 6) is 1.18. The summed E-state index contributed by atoms with van der Waals surface area (Å²) in [4.78, 5) is 12.4. The summed E-state index contributed by atoms with van der Waals surface area (Å²) in [5, 5.41) is 3.34. The first kappa shape index (κ1) is 12.9. The molecule has 0 heterocycles. The van der Waals surface area contributed by atoms with Crippen molar-refractivity contribution in [3.05, 3.63) is 0 Å². The third-order valence-electron chi connectivity index (χ3n) is 4.53. The van der Waals surface area contributed by atoms with Crippen LogP contribution in [0.25, 0.3) is 0 Å². The summed E-state index contributed by atoms with van der Waals surface area (Å²) in [5.41, 5.74) is 0.258. The van der Waals surface area contributed by atoms with Crippen LogP contribution in [-0.2, 0) is 4.79 Å². The van der Waals surface area contributed by atoms with E-state index in [4.69, 9.17) is 0 Å². The second-order valence-electron chi connectivity index (χ2n) is 8.40. The fraction of sp³-hybridized carbons (Fsp3) is 0.933. The van der Waals surface area contributed by atoms with E-state index in [2.05, 4.69) is 46.9 Å². The molecule has 0 saturated heterocycles. The lowest BCUT2D eigenvalue weighted by molar-refractivity contribution is -0.167. The van der Waals surface area contributed by atoms with Gasteiger partial charge in [0.15, 0.2) is 0 Å². The Morgan fingerprint density at radius 3 is 1.71 bits per heavy atom.